The van der Waals surface area contributed by atoms with Crippen molar-refractivity contribution in [3.05, 3.63) is 64.4 Å². The van der Waals surface area contributed by atoms with Crippen LogP contribution in [0.25, 0.3) is 0 Å². The van der Waals surface area contributed by atoms with Gasteiger partial charge in [0.05, 0.1) is 16.9 Å². The Morgan fingerprint density at radius 2 is 1.86 bits per heavy atom. The van der Waals surface area contributed by atoms with Gasteiger partial charge >= 0.3 is 0 Å². The monoisotopic (exact) mass is 482 g/mol. The smallest absolute Gasteiger partial charge is 0.243 e. The molecule has 2 aromatic carbocycles. The second-order valence-corrected chi connectivity index (χ2v) is 10.0. The molecule has 5 nitrogen and oxygen atoms in total. The summed E-state index contributed by atoms with van der Waals surface area (Å²) in [6.45, 7) is 2.48. The quantitative estimate of drug-likeness (QED) is 0.668. The van der Waals surface area contributed by atoms with Crippen molar-refractivity contribution in [2.75, 3.05) is 13.1 Å². The highest BCUT2D eigenvalue weighted by molar-refractivity contribution is 9.10. The van der Waals surface area contributed by atoms with Crippen LogP contribution in [-0.2, 0) is 14.8 Å². The topological polar surface area (TPSA) is 66.5 Å². The Bertz CT molecular complexity index is 949. The summed E-state index contributed by atoms with van der Waals surface area (Å²) in [5.74, 6) is -1.04. The molecule has 0 spiro atoms. The van der Waals surface area contributed by atoms with Crippen LogP contribution >= 0.6 is 15.9 Å². The van der Waals surface area contributed by atoms with E-state index in [1.165, 1.54) is 16.4 Å². The highest BCUT2D eigenvalue weighted by Gasteiger charge is 2.34. The Kier molecular flexibility index (Phi) is 7.08. The van der Waals surface area contributed by atoms with E-state index >= 15 is 0 Å². The van der Waals surface area contributed by atoms with Crippen molar-refractivity contribution < 1.29 is 17.6 Å². The molecule has 2 atom stereocenters. The van der Waals surface area contributed by atoms with Gasteiger partial charge in [0.15, 0.2) is 0 Å². The first-order valence-electron chi connectivity index (χ1n) is 9.63. The highest BCUT2D eigenvalue weighted by atomic mass is 79.9. The molecule has 1 amide bonds. The summed E-state index contributed by atoms with van der Waals surface area (Å²) in [4.78, 5) is 12.9. The number of carbonyl (C=O) groups is 1. The number of carbonyl (C=O) groups excluding carboxylic acids is 1. The summed E-state index contributed by atoms with van der Waals surface area (Å²) in [5.41, 5.74) is 1.01. The van der Waals surface area contributed by atoms with Crippen molar-refractivity contribution >= 4 is 31.9 Å². The molecule has 1 aliphatic rings. The van der Waals surface area contributed by atoms with Gasteiger partial charge in [-0.3, -0.25) is 4.79 Å². The number of hydrogen-bond donors (Lipinski definition) is 1. The molecule has 3 rings (SSSR count). The van der Waals surface area contributed by atoms with E-state index in [0.717, 1.165) is 28.6 Å². The lowest BCUT2D eigenvalue weighted by Crippen LogP contribution is -2.46. The van der Waals surface area contributed by atoms with Gasteiger partial charge in [0.25, 0.3) is 0 Å². The summed E-state index contributed by atoms with van der Waals surface area (Å²) in [6.07, 6.45) is 1.98. The van der Waals surface area contributed by atoms with Crippen LogP contribution in [0, 0.1) is 11.7 Å². The molecule has 2 aromatic rings. The second kappa shape index (κ2) is 9.36. The molecule has 0 aliphatic carbocycles. The predicted molar refractivity (Wildman–Crippen MR) is 113 cm³/mol. The van der Waals surface area contributed by atoms with E-state index < -0.39 is 21.8 Å². The summed E-state index contributed by atoms with van der Waals surface area (Å²) in [5, 5.41) is 3.07. The highest BCUT2D eigenvalue weighted by Crippen LogP contribution is 2.26. The molecular weight excluding hydrogens is 459 g/mol. The number of halogens is 2. The van der Waals surface area contributed by atoms with Crippen molar-refractivity contribution in [2.45, 2.75) is 37.1 Å². The lowest BCUT2D eigenvalue weighted by atomic mass is 9.97. The molecular formula is C21H24BrFN2O3S. The third kappa shape index (κ3) is 5.24. The van der Waals surface area contributed by atoms with Crippen molar-refractivity contribution in [3.63, 3.8) is 0 Å². The fourth-order valence-electron chi connectivity index (χ4n) is 3.54. The molecule has 2 unspecified atom stereocenters. The molecule has 8 heteroatoms. The third-order valence-electron chi connectivity index (χ3n) is 5.20. The van der Waals surface area contributed by atoms with Crippen LogP contribution in [0.5, 0.6) is 0 Å². The molecule has 0 bridgehead atoms. The molecule has 0 saturated carbocycles. The van der Waals surface area contributed by atoms with Gasteiger partial charge in [0, 0.05) is 17.6 Å². The maximum atomic E-state index is 13.1. The molecule has 1 aliphatic heterocycles. The van der Waals surface area contributed by atoms with E-state index in [2.05, 4.69) is 21.2 Å². The van der Waals surface area contributed by atoms with Crippen LogP contribution in [0.2, 0.25) is 0 Å². The third-order valence-corrected chi connectivity index (χ3v) is 7.61. The van der Waals surface area contributed by atoms with Crippen LogP contribution in [-0.4, -0.2) is 31.7 Å². The molecule has 1 heterocycles. The summed E-state index contributed by atoms with van der Waals surface area (Å²) < 4.78 is 41.2. The molecule has 1 saturated heterocycles. The number of hydrogen-bond acceptors (Lipinski definition) is 3. The molecule has 0 radical (unpaired) electrons. The fraction of sp³-hybridized carbons (Fsp3) is 0.381. The van der Waals surface area contributed by atoms with Crippen molar-refractivity contribution in [1.82, 2.24) is 9.62 Å². The van der Waals surface area contributed by atoms with Crippen LogP contribution in [0.3, 0.4) is 0 Å². The maximum absolute atomic E-state index is 13.1. The number of piperidine rings is 1. The maximum Gasteiger partial charge on any atom is 0.243 e. The van der Waals surface area contributed by atoms with Gasteiger partial charge in [-0.15, -0.1) is 0 Å². The predicted octanol–water partition coefficient (Wildman–Crippen LogP) is 4.26. The number of nitrogens with one attached hydrogen (secondary N) is 1. The van der Waals surface area contributed by atoms with Crippen molar-refractivity contribution in [2.24, 2.45) is 5.92 Å². The molecule has 1 fully saturated rings. The minimum absolute atomic E-state index is 0.0428. The second-order valence-electron chi connectivity index (χ2n) is 7.18. The van der Waals surface area contributed by atoms with Gasteiger partial charge in [-0.2, -0.15) is 4.31 Å². The summed E-state index contributed by atoms with van der Waals surface area (Å²) in [6, 6.07) is 12.4. The van der Waals surface area contributed by atoms with Gasteiger partial charge in [-0.1, -0.05) is 35.0 Å². The van der Waals surface area contributed by atoms with E-state index in [1.807, 2.05) is 31.2 Å². The van der Waals surface area contributed by atoms with Crippen LogP contribution in [0.1, 0.15) is 37.8 Å². The lowest BCUT2D eigenvalue weighted by molar-refractivity contribution is -0.126. The van der Waals surface area contributed by atoms with Gasteiger partial charge in [0.1, 0.15) is 5.82 Å². The SMILES string of the molecule is CCC(NC(=O)C1CCCN(S(=O)(=O)c2ccc(F)cc2)C1)c1ccc(Br)cc1. The fourth-order valence-corrected chi connectivity index (χ4v) is 5.32. The van der Waals surface area contributed by atoms with Crippen LogP contribution < -0.4 is 5.32 Å². The Balaban J connectivity index is 1.70. The number of benzene rings is 2. The minimum Gasteiger partial charge on any atom is -0.349 e. The zero-order valence-electron chi connectivity index (χ0n) is 16.1. The molecule has 156 valence electrons. The van der Waals surface area contributed by atoms with E-state index in [1.54, 1.807) is 0 Å². The Morgan fingerprint density at radius 3 is 2.48 bits per heavy atom. The first-order valence-corrected chi connectivity index (χ1v) is 11.9. The summed E-state index contributed by atoms with van der Waals surface area (Å²) >= 11 is 3.41. The van der Waals surface area contributed by atoms with E-state index in [4.69, 9.17) is 0 Å². The van der Waals surface area contributed by atoms with Gasteiger partial charge in [0.2, 0.25) is 15.9 Å². The Morgan fingerprint density at radius 1 is 1.21 bits per heavy atom. The zero-order valence-corrected chi connectivity index (χ0v) is 18.5. The number of amides is 1. The van der Waals surface area contributed by atoms with Gasteiger partial charge < -0.3 is 5.32 Å². The number of nitrogens with zero attached hydrogens (tertiary/aromatic N) is 1. The minimum atomic E-state index is -3.75. The van der Waals surface area contributed by atoms with E-state index in [-0.39, 0.29) is 23.4 Å². The van der Waals surface area contributed by atoms with E-state index in [9.17, 15) is 17.6 Å². The first kappa shape index (κ1) is 21.9. The molecule has 29 heavy (non-hydrogen) atoms. The average Bonchev–Trinajstić information content (AvgIpc) is 2.73. The van der Waals surface area contributed by atoms with E-state index in [0.29, 0.717) is 19.4 Å². The zero-order chi connectivity index (χ0) is 21.0. The van der Waals surface area contributed by atoms with Crippen molar-refractivity contribution in [1.29, 1.82) is 0 Å². The van der Waals surface area contributed by atoms with Gasteiger partial charge in [-0.05, 0) is 61.2 Å². The molecule has 0 aromatic heterocycles. The standard InChI is InChI=1S/C21H24BrFN2O3S/c1-2-20(15-5-7-17(22)8-6-15)24-21(26)16-4-3-13-25(14-16)29(27,28)19-11-9-18(23)10-12-19/h5-12,16,20H,2-4,13-14H2,1H3,(H,24,26). The molecule has 1 N–H and O–H groups in total. The first-order chi connectivity index (χ1) is 13.8. The Labute approximate surface area is 179 Å². The number of sulfonamides is 1. The van der Waals surface area contributed by atoms with Gasteiger partial charge in [-0.25, -0.2) is 12.8 Å². The van der Waals surface area contributed by atoms with Crippen molar-refractivity contribution in [3.8, 4) is 0 Å². The summed E-state index contributed by atoms with van der Waals surface area (Å²) in [7, 11) is -3.75. The number of rotatable bonds is 6. The largest absolute Gasteiger partial charge is 0.349 e. The normalized spacial score (nSPS) is 18.9. The van der Waals surface area contributed by atoms with Crippen LogP contribution in [0.15, 0.2) is 57.9 Å². The lowest BCUT2D eigenvalue weighted by Gasteiger charge is -2.32. The average molecular weight is 483 g/mol. The van der Waals surface area contributed by atoms with Crippen LogP contribution in [0.4, 0.5) is 4.39 Å². The Hall–Kier alpha value is -1.77.